The van der Waals surface area contributed by atoms with Crippen LogP contribution in [0.1, 0.15) is 40.3 Å². The van der Waals surface area contributed by atoms with Crippen LogP contribution < -0.4 is 10.6 Å². The molecular weight excluding hydrogens is 340 g/mol. The van der Waals surface area contributed by atoms with Crippen LogP contribution in [-0.2, 0) is 6.42 Å². The van der Waals surface area contributed by atoms with Crippen molar-refractivity contribution in [2.75, 3.05) is 10.6 Å². The second-order valence-corrected chi connectivity index (χ2v) is 6.07. The quantitative estimate of drug-likeness (QED) is 0.643. The van der Waals surface area contributed by atoms with E-state index in [9.17, 15) is 9.59 Å². The predicted molar refractivity (Wildman–Crippen MR) is 106 cm³/mol. The number of aromatic nitrogens is 2. The fourth-order valence-corrected chi connectivity index (χ4v) is 2.50. The van der Waals surface area contributed by atoms with E-state index in [2.05, 4.69) is 27.8 Å². The highest BCUT2D eigenvalue weighted by Crippen LogP contribution is 2.16. The average molecular weight is 360 g/mol. The van der Waals surface area contributed by atoms with Gasteiger partial charge in [0.2, 0.25) is 0 Å². The van der Waals surface area contributed by atoms with E-state index >= 15 is 0 Å². The van der Waals surface area contributed by atoms with Gasteiger partial charge in [0.15, 0.2) is 17.3 Å². The van der Waals surface area contributed by atoms with E-state index in [1.165, 1.54) is 12.5 Å². The van der Waals surface area contributed by atoms with Gasteiger partial charge in [-0.25, -0.2) is 0 Å². The summed E-state index contributed by atoms with van der Waals surface area (Å²) in [6.45, 7) is 3.59. The summed E-state index contributed by atoms with van der Waals surface area (Å²) in [5.41, 5.74) is 3.42. The number of anilines is 3. The predicted octanol–water partition coefficient (Wildman–Crippen LogP) is 4.24. The van der Waals surface area contributed by atoms with E-state index in [0.29, 0.717) is 17.1 Å². The van der Waals surface area contributed by atoms with Gasteiger partial charge in [-0.3, -0.25) is 9.59 Å². The number of Topliss-reactive ketones (excluding diaryl/α,β-unsaturated/α-hetero) is 1. The zero-order chi connectivity index (χ0) is 19.2. The second kappa shape index (κ2) is 8.23. The first kappa shape index (κ1) is 18.3. The normalized spacial score (nSPS) is 10.3. The first-order chi connectivity index (χ1) is 13.0. The summed E-state index contributed by atoms with van der Waals surface area (Å²) in [5.74, 6) is 0.102. The molecule has 2 aromatic carbocycles. The minimum Gasteiger partial charge on any atom is -0.339 e. The highest BCUT2D eigenvalue weighted by atomic mass is 16.2. The SMILES string of the molecule is CCc1ccc(Nc2ccc(C(=O)Nc3cccc(C(C)=O)c3)nn2)cc1. The van der Waals surface area contributed by atoms with Gasteiger partial charge < -0.3 is 10.6 Å². The van der Waals surface area contributed by atoms with Gasteiger partial charge in [-0.15, -0.1) is 10.2 Å². The van der Waals surface area contributed by atoms with Crippen molar-refractivity contribution in [3.63, 3.8) is 0 Å². The Morgan fingerprint density at radius 2 is 1.70 bits per heavy atom. The molecule has 0 unspecified atom stereocenters. The molecule has 0 aliphatic heterocycles. The van der Waals surface area contributed by atoms with Crippen LogP contribution in [0, 0.1) is 0 Å². The van der Waals surface area contributed by atoms with E-state index < -0.39 is 0 Å². The second-order valence-electron chi connectivity index (χ2n) is 6.07. The Morgan fingerprint density at radius 1 is 0.926 bits per heavy atom. The molecular formula is C21H20N4O2. The minimum absolute atomic E-state index is 0.0618. The lowest BCUT2D eigenvalue weighted by Gasteiger charge is -2.08. The zero-order valence-corrected chi connectivity index (χ0v) is 15.2. The molecule has 0 saturated carbocycles. The zero-order valence-electron chi connectivity index (χ0n) is 15.2. The number of aryl methyl sites for hydroxylation is 1. The van der Waals surface area contributed by atoms with Crippen LogP contribution in [-0.4, -0.2) is 21.9 Å². The fraction of sp³-hybridized carbons (Fsp3) is 0.143. The molecule has 0 spiro atoms. The maximum Gasteiger partial charge on any atom is 0.276 e. The van der Waals surface area contributed by atoms with Crippen LogP contribution >= 0.6 is 0 Å². The van der Waals surface area contributed by atoms with Crippen molar-refractivity contribution in [2.24, 2.45) is 0 Å². The van der Waals surface area contributed by atoms with Gasteiger partial charge in [0.05, 0.1) is 0 Å². The van der Waals surface area contributed by atoms with Gasteiger partial charge in [0.1, 0.15) is 0 Å². The summed E-state index contributed by atoms with van der Waals surface area (Å²) in [4.78, 5) is 23.8. The van der Waals surface area contributed by atoms with Crippen molar-refractivity contribution in [3.05, 3.63) is 77.5 Å². The van der Waals surface area contributed by atoms with Gasteiger partial charge in [0, 0.05) is 16.9 Å². The number of hydrogen-bond acceptors (Lipinski definition) is 5. The maximum absolute atomic E-state index is 12.3. The lowest BCUT2D eigenvalue weighted by molar-refractivity contribution is 0.100. The molecule has 2 N–H and O–H groups in total. The Labute approximate surface area is 157 Å². The Balaban J connectivity index is 1.66. The molecule has 0 saturated heterocycles. The Morgan fingerprint density at radius 3 is 2.33 bits per heavy atom. The topological polar surface area (TPSA) is 84.0 Å². The molecule has 27 heavy (non-hydrogen) atoms. The minimum atomic E-state index is -0.387. The number of ketones is 1. The summed E-state index contributed by atoms with van der Waals surface area (Å²) in [6.07, 6.45) is 0.985. The summed E-state index contributed by atoms with van der Waals surface area (Å²) >= 11 is 0. The van der Waals surface area contributed by atoms with E-state index in [1.807, 2.05) is 24.3 Å². The van der Waals surface area contributed by atoms with Crippen LogP contribution in [0.25, 0.3) is 0 Å². The number of nitrogens with one attached hydrogen (secondary N) is 2. The number of rotatable bonds is 6. The van der Waals surface area contributed by atoms with Gasteiger partial charge in [-0.1, -0.05) is 31.2 Å². The Hall–Kier alpha value is -3.54. The molecule has 3 aromatic rings. The highest BCUT2D eigenvalue weighted by Gasteiger charge is 2.10. The summed E-state index contributed by atoms with van der Waals surface area (Å²) in [6, 6.07) is 18.1. The molecule has 1 heterocycles. The first-order valence-corrected chi connectivity index (χ1v) is 8.67. The van der Waals surface area contributed by atoms with Crippen LogP contribution in [0.5, 0.6) is 0 Å². The number of benzene rings is 2. The number of amides is 1. The molecule has 0 bridgehead atoms. The van der Waals surface area contributed by atoms with E-state index in [1.54, 1.807) is 36.4 Å². The van der Waals surface area contributed by atoms with E-state index in [4.69, 9.17) is 0 Å². The molecule has 0 fully saturated rings. The molecule has 0 atom stereocenters. The molecule has 3 rings (SSSR count). The van der Waals surface area contributed by atoms with Crippen molar-refractivity contribution in [1.29, 1.82) is 0 Å². The van der Waals surface area contributed by atoms with Gasteiger partial charge in [-0.2, -0.15) is 0 Å². The summed E-state index contributed by atoms with van der Waals surface area (Å²) < 4.78 is 0. The lowest BCUT2D eigenvalue weighted by atomic mass is 10.1. The van der Waals surface area contributed by atoms with Crippen LogP contribution in [0.4, 0.5) is 17.2 Å². The summed E-state index contributed by atoms with van der Waals surface area (Å²) in [5, 5.41) is 13.9. The Bertz CT molecular complexity index is 951. The van der Waals surface area contributed by atoms with E-state index in [-0.39, 0.29) is 17.4 Å². The number of hydrogen-bond donors (Lipinski definition) is 2. The fourth-order valence-electron chi connectivity index (χ4n) is 2.50. The summed E-state index contributed by atoms with van der Waals surface area (Å²) in [7, 11) is 0. The monoisotopic (exact) mass is 360 g/mol. The molecule has 0 aliphatic rings. The molecule has 1 aromatic heterocycles. The maximum atomic E-state index is 12.3. The van der Waals surface area contributed by atoms with Crippen LogP contribution in [0.2, 0.25) is 0 Å². The first-order valence-electron chi connectivity index (χ1n) is 8.67. The molecule has 6 nitrogen and oxygen atoms in total. The van der Waals surface area contributed by atoms with Crippen molar-refractivity contribution in [1.82, 2.24) is 10.2 Å². The third-order valence-corrected chi connectivity index (χ3v) is 4.06. The Kier molecular flexibility index (Phi) is 5.56. The molecule has 136 valence electrons. The molecule has 0 radical (unpaired) electrons. The molecule has 0 aliphatic carbocycles. The van der Waals surface area contributed by atoms with Crippen molar-refractivity contribution >= 4 is 28.9 Å². The largest absolute Gasteiger partial charge is 0.339 e. The molecule has 1 amide bonds. The average Bonchev–Trinajstić information content (AvgIpc) is 2.69. The smallest absolute Gasteiger partial charge is 0.276 e. The molecule has 6 heteroatoms. The standard InChI is InChI=1S/C21H20N4O2/c1-3-15-7-9-17(10-8-15)22-20-12-11-19(24-25-20)21(27)23-18-6-4-5-16(13-18)14(2)26/h4-13H,3H2,1-2H3,(H,22,25)(H,23,27). The third-order valence-electron chi connectivity index (χ3n) is 4.06. The van der Waals surface area contributed by atoms with Crippen molar-refractivity contribution < 1.29 is 9.59 Å². The lowest BCUT2D eigenvalue weighted by Crippen LogP contribution is -2.15. The van der Waals surface area contributed by atoms with Gasteiger partial charge in [0.25, 0.3) is 5.91 Å². The van der Waals surface area contributed by atoms with Crippen molar-refractivity contribution in [3.8, 4) is 0 Å². The number of nitrogens with zero attached hydrogens (tertiary/aromatic N) is 2. The highest BCUT2D eigenvalue weighted by molar-refractivity contribution is 6.03. The van der Waals surface area contributed by atoms with Gasteiger partial charge in [-0.05, 0) is 55.3 Å². The van der Waals surface area contributed by atoms with Crippen molar-refractivity contribution in [2.45, 2.75) is 20.3 Å². The van der Waals surface area contributed by atoms with Crippen LogP contribution in [0.3, 0.4) is 0 Å². The van der Waals surface area contributed by atoms with E-state index in [0.717, 1.165) is 12.1 Å². The van der Waals surface area contributed by atoms with Gasteiger partial charge >= 0.3 is 0 Å². The third kappa shape index (κ3) is 4.76. The number of carbonyl (C=O) groups is 2. The van der Waals surface area contributed by atoms with Crippen LogP contribution in [0.15, 0.2) is 60.7 Å². The number of carbonyl (C=O) groups excluding carboxylic acids is 2.